The molecule has 1 N–H and O–H groups in total. The van der Waals surface area contributed by atoms with E-state index in [4.69, 9.17) is 23.2 Å². The van der Waals surface area contributed by atoms with Gasteiger partial charge in [0.1, 0.15) is 0 Å². The molecule has 1 aromatic carbocycles. The summed E-state index contributed by atoms with van der Waals surface area (Å²) in [4.78, 5) is 13.9. The van der Waals surface area contributed by atoms with Crippen LogP contribution in [0.4, 0.5) is 10.5 Å². The molecule has 1 aromatic rings. The Balaban J connectivity index is 2.00. The Kier molecular flexibility index (Phi) is 4.36. The summed E-state index contributed by atoms with van der Waals surface area (Å²) in [5.41, 5.74) is 0.674. The molecule has 5 heteroatoms. The van der Waals surface area contributed by atoms with Crippen LogP contribution in [-0.2, 0) is 0 Å². The van der Waals surface area contributed by atoms with Crippen molar-refractivity contribution >= 4 is 34.9 Å². The number of urea groups is 1. The molecule has 1 heterocycles. The first-order valence-electron chi connectivity index (χ1n) is 6.07. The third kappa shape index (κ3) is 3.30. The minimum atomic E-state index is -0.0695. The van der Waals surface area contributed by atoms with Crippen LogP contribution in [-0.4, -0.2) is 24.0 Å². The van der Waals surface area contributed by atoms with Crippen LogP contribution in [0.2, 0.25) is 10.0 Å². The van der Waals surface area contributed by atoms with Crippen LogP contribution in [0.25, 0.3) is 0 Å². The van der Waals surface area contributed by atoms with Crippen molar-refractivity contribution in [1.82, 2.24) is 4.90 Å². The van der Waals surface area contributed by atoms with Gasteiger partial charge in [0, 0.05) is 18.8 Å². The second kappa shape index (κ2) is 5.81. The van der Waals surface area contributed by atoms with Crippen LogP contribution in [0.1, 0.15) is 19.8 Å². The predicted octanol–water partition coefficient (Wildman–Crippen LogP) is 4.26. The van der Waals surface area contributed by atoms with Crippen molar-refractivity contribution in [2.24, 2.45) is 5.92 Å². The zero-order valence-corrected chi connectivity index (χ0v) is 11.8. The summed E-state index contributed by atoms with van der Waals surface area (Å²) in [6.45, 7) is 3.79. The van der Waals surface area contributed by atoms with Crippen molar-refractivity contribution in [2.45, 2.75) is 19.8 Å². The van der Waals surface area contributed by atoms with E-state index in [0.29, 0.717) is 21.7 Å². The molecule has 1 atom stereocenters. The fraction of sp³-hybridized carbons (Fsp3) is 0.462. The highest BCUT2D eigenvalue weighted by Crippen LogP contribution is 2.25. The normalized spacial score (nSPS) is 19.7. The van der Waals surface area contributed by atoms with Gasteiger partial charge in [-0.2, -0.15) is 0 Å². The standard InChI is InChI=1S/C13H16Cl2N2O/c1-9-3-2-6-17(8-9)13(18)16-10-4-5-11(14)12(15)7-10/h4-5,7,9H,2-3,6,8H2,1H3,(H,16,18). The highest BCUT2D eigenvalue weighted by Gasteiger charge is 2.20. The number of amides is 2. The SMILES string of the molecule is CC1CCCN(C(=O)Nc2ccc(Cl)c(Cl)c2)C1. The topological polar surface area (TPSA) is 32.3 Å². The van der Waals surface area contributed by atoms with E-state index in [-0.39, 0.29) is 6.03 Å². The van der Waals surface area contributed by atoms with Crippen LogP contribution in [0.15, 0.2) is 18.2 Å². The van der Waals surface area contributed by atoms with Crippen LogP contribution in [0.3, 0.4) is 0 Å². The molecule has 3 nitrogen and oxygen atoms in total. The summed E-state index contributed by atoms with van der Waals surface area (Å²) in [6, 6.07) is 5.02. The third-order valence-corrected chi connectivity index (χ3v) is 3.85. The lowest BCUT2D eigenvalue weighted by Crippen LogP contribution is -2.41. The van der Waals surface area contributed by atoms with Crippen molar-refractivity contribution in [3.63, 3.8) is 0 Å². The van der Waals surface area contributed by atoms with Crippen molar-refractivity contribution < 1.29 is 4.79 Å². The second-order valence-corrected chi connectivity index (χ2v) is 5.57. The van der Waals surface area contributed by atoms with E-state index in [0.717, 1.165) is 19.5 Å². The Bertz CT molecular complexity index is 451. The van der Waals surface area contributed by atoms with Crippen LogP contribution in [0.5, 0.6) is 0 Å². The number of likely N-dealkylation sites (tertiary alicyclic amines) is 1. The Morgan fingerprint density at radius 1 is 1.39 bits per heavy atom. The van der Waals surface area contributed by atoms with Gasteiger partial charge in [0.2, 0.25) is 0 Å². The van der Waals surface area contributed by atoms with Gasteiger partial charge in [-0.3, -0.25) is 0 Å². The summed E-state index contributed by atoms with van der Waals surface area (Å²) >= 11 is 11.7. The number of carbonyl (C=O) groups is 1. The number of halogens is 2. The number of anilines is 1. The van der Waals surface area contributed by atoms with Gasteiger partial charge in [-0.05, 0) is 37.0 Å². The summed E-state index contributed by atoms with van der Waals surface area (Å²) in [7, 11) is 0. The maximum Gasteiger partial charge on any atom is 0.321 e. The Hall–Kier alpha value is -0.930. The van der Waals surface area contributed by atoms with Crippen molar-refractivity contribution in [3.05, 3.63) is 28.2 Å². The van der Waals surface area contributed by atoms with E-state index in [1.807, 2.05) is 4.90 Å². The van der Waals surface area contributed by atoms with Gasteiger partial charge < -0.3 is 10.2 Å². The molecule has 2 amide bonds. The van der Waals surface area contributed by atoms with Gasteiger partial charge in [0.25, 0.3) is 0 Å². The van der Waals surface area contributed by atoms with Crippen LogP contribution < -0.4 is 5.32 Å². The van der Waals surface area contributed by atoms with Gasteiger partial charge in [0.15, 0.2) is 0 Å². The van der Waals surface area contributed by atoms with E-state index < -0.39 is 0 Å². The van der Waals surface area contributed by atoms with Gasteiger partial charge in [-0.1, -0.05) is 30.1 Å². The molecule has 1 aliphatic heterocycles. The molecule has 0 aliphatic carbocycles. The largest absolute Gasteiger partial charge is 0.324 e. The highest BCUT2D eigenvalue weighted by molar-refractivity contribution is 6.42. The van der Waals surface area contributed by atoms with Gasteiger partial charge in [-0.15, -0.1) is 0 Å². The smallest absolute Gasteiger partial charge is 0.321 e. The van der Waals surface area contributed by atoms with Gasteiger partial charge >= 0.3 is 6.03 Å². The average molecular weight is 287 g/mol. The maximum atomic E-state index is 12.0. The number of hydrogen-bond acceptors (Lipinski definition) is 1. The van der Waals surface area contributed by atoms with Crippen LogP contribution >= 0.6 is 23.2 Å². The first-order valence-corrected chi connectivity index (χ1v) is 6.83. The van der Waals surface area contributed by atoms with E-state index in [9.17, 15) is 4.79 Å². The summed E-state index contributed by atoms with van der Waals surface area (Å²) in [6.07, 6.45) is 2.26. The number of benzene rings is 1. The Morgan fingerprint density at radius 3 is 2.83 bits per heavy atom. The molecule has 2 rings (SSSR count). The molecule has 0 radical (unpaired) electrons. The average Bonchev–Trinajstić information content (AvgIpc) is 2.34. The summed E-state index contributed by atoms with van der Waals surface area (Å²) < 4.78 is 0. The Labute approximate surface area is 117 Å². The number of carbonyl (C=O) groups excluding carboxylic acids is 1. The molecule has 1 fully saturated rings. The maximum absolute atomic E-state index is 12.0. The van der Waals surface area contributed by atoms with Gasteiger partial charge in [0.05, 0.1) is 10.0 Å². The third-order valence-electron chi connectivity index (χ3n) is 3.12. The zero-order valence-electron chi connectivity index (χ0n) is 10.2. The lowest BCUT2D eigenvalue weighted by molar-refractivity contribution is 0.182. The van der Waals surface area contributed by atoms with E-state index in [1.165, 1.54) is 6.42 Å². The fourth-order valence-corrected chi connectivity index (χ4v) is 2.45. The first kappa shape index (κ1) is 13.5. The number of rotatable bonds is 1. The molecule has 0 saturated carbocycles. The number of hydrogen-bond donors (Lipinski definition) is 1. The van der Waals surface area contributed by atoms with Crippen molar-refractivity contribution in [1.29, 1.82) is 0 Å². The van der Waals surface area contributed by atoms with E-state index in [1.54, 1.807) is 18.2 Å². The molecule has 0 bridgehead atoms. The van der Waals surface area contributed by atoms with E-state index >= 15 is 0 Å². The molecule has 98 valence electrons. The molecule has 1 saturated heterocycles. The molecular weight excluding hydrogens is 271 g/mol. The summed E-state index contributed by atoms with van der Waals surface area (Å²) in [5.74, 6) is 0.568. The lowest BCUT2D eigenvalue weighted by atomic mass is 10.0. The number of piperidine rings is 1. The van der Waals surface area contributed by atoms with Crippen molar-refractivity contribution in [3.8, 4) is 0 Å². The van der Waals surface area contributed by atoms with Gasteiger partial charge in [-0.25, -0.2) is 4.79 Å². The lowest BCUT2D eigenvalue weighted by Gasteiger charge is -2.30. The summed E-state index contributed by atoms with van der Waals surface area (Å²) in [5, 5.41) is 3.78. The van der Waals surface area contributed by atoms with Crippen molar-refractivity contribution in [2.75, 3.05) is 18.4 Å². The molecule has 1 unspecified atom stereocenters. The molecule has 1 aliphatic rings. The Morgan fingerprint density at radius 2 is 2.17 bits per heavy atom. The quantitative estimate of drug-likeness (QED) is 0.822. The minimum Gasteiger partial charge on any atom is -0.324 e. The second-order valence-electron chi connectivity index (χ2n) is 4.75. The molecule has 0 aromatic heterocycles. The van der Waals surface area contributed by atoms with E-state index in [2.05, 4.69) is 12.2 Å². The molecular formula is C13H16Cl2N2O. The number of nitrogens with one attached hydrogen (secondary N) is 1. The number of nitrogens with zero attached hydrogens (tertiary/aromatic N) is 1. The molecule has 0 spiro atoms. The molecule has 18 heavy (non-hydrogen) atoms. The first-order chi connectivity index (χ1) is 8.56. The highest BCUT2D eigenvalue weighted by atomic mass is 35.5. The fourth-order valence-electron chi connectivity index (χ4n) is 2.15. The monoisotopic (exact) mass is 286 g/mol. The van der Waals surface area contributed by atoms with Crippen LogP contribution in [0, 0.1) is 5.92 Å². The zero-order chi connectivity index (χ0) is 13.1. The predicted molar refractivity (Wildman–Crippen MR) is 75.5 cm³/mol. The minimum absolute atomic E-state index is 0.0695.